The summed E-state index contributed by atoms with van der Waals surface area (Å²) < 4.78 is 12.4. The molecule has 0 saturated carbocycles. The summed E-state index contributed by atoms with van der Waals surface area (Å²) in [7, 11) is 4.24. The number of rotatable bonds is 3. The van der Waals surface area contributed by atoms with Gasteiger partial charge in [0.2, 0.25) is 6.33 Å². The van der Waals surface area contributed by atoms with Crippen LogP contribution in [0.15, 0.2) is 18.7 Å². The Balaban J connectivity index is 3.24. The van der Waals surface area contributed by atoms with Crippen LogP contribution in [0.25, 0.3) is 0 Å². The first-order chi connectivity index (χ1) is 7.46. The Labute approximate surface area is 93.4 Å². The molecule has 0 amide bonds. The predicted molar refractivity (Wildman–Crippen MR) is 53.3 cm³/mol. The summed E-state index contributed by atoms with van der Waals surface area (Å²) in [5.41, 5.74) is -1.50. The van der Waals surface area contributed by atoms with Crippen LogP contribution in [-0.2, 0) is 31.6 Å². The van der Waals surface area contributed by atoms with E-state index in [0.29, 0.717) is 0 Å². The van der Waals surface area contributed by atoms with Crippen LogP contribution < -0.4 is 4.57 Å². The van der Waals surface area contributed by atoms with Crippen LogP contribution in [-0.4, -0.2) is 30.7 Å². The first-order valence-corrected chi connectivity index (χ1v) is 4.67. The minimum Gasteiger partial charge on any atom is -0.465 e. The fraction of sp³-hybridized carbons (Fsp3) is 0.500. The molecule has 88 valence electrons. The highest BCUT2D eigenvalue weighted by Crippen LogP contribution is 2.18. The van der Waals surface area contributed by atoms with Gasteiger partial charge in [0.25, 0.3) is 0 Å². The zero-order valence-electron chi connectivity index (χ0n) is 9.76. The van der Waals surface area contributed by atoms with E-state index in [2.05, 4.69) is 9.47 Å². The van der Waals surface area contributed by atoms with Gasteiger partial charge in [-0.05, 0) is 0 Å². The molecule has 0 aromatic carbocycles. The minimum atomic E-state index is -1.50. The molecule has 16 heavy (non-hydrogen) atoms. The van der Waals surface area contributed by atoms with E-state index in [1.165, 1.54) is 25.7 Å². The number of esters is 2. The normalized spacial score (nSPS) is 11.0. The number of methoxy groups -OCH3 is 2. The number of hydrogen-bond acceptors (Lipinski definition) is 4. The average Bonchev–Trinajstić information content (AvgIpc) is 2.72. The van der Waals surface area contributed by atoms with Gasteiger partial charge in [-0.15, -0.1) is 0 Å². The number of nitrogens with zero attached hydrogens (tertiary/aromatic N) is 2. The van der Waals surface area contributed by atoms with Crippen LogP contribution >= 0.6 is 0 Å². The largest absolute Gasteiger partial charge is 0.465 e. The average molecular weight is 227 g/mol. The number of aryl methyl sites for hydroxylation is 1. The van der Waals surface area contributed by atoms with Crippen molar-refractivity contribution in [3.8, 4) is 0 Å². The Kier molecular flexibility index (Phi) is 3.31. The second kappa shape index (κ2) is 4.34. The zero-order valence-corrected chi connectivity index (χ0v) is 9.76. The molecular formula is C10H15N2O4+. The van der Waals surface area contributed by atoms with Crippen LogP contribution in [0, 0.1) is 0 Å². The number of carbonyl (C=O) groups is 2. The van der Waals surface area contributed by atoms with E-state index in [4.69, 9.17) is 0 Å². The molecule has 1 aromatic heterocycles. The van der Waals surface area contributed by atoms with Gasteiger partial charge in [-0.1, -0.05) is 0 Å². The third-order valence-electron chi connectivity index (χ3n) is 2.45. The van der Waals surface area contributed by atoms with Crippen molar-refractivity contribution in [2.24, 2.45) is 7.05 Å². The van der Waals surface area contributed by atoms with Gasteiger partial charge in [-0.3, -0.25) is 0 Å². The van der Waals surface area contributed by atoms with E-state index >= 15 is 0 Å². The maximum atomic E-state index is 11.7. The van der Waals surface area contributed by atoms with Gasteiger partial charge >= 0.3 is 17.5 Å². The topological polar surface area (TPSA) is 61.4 Å². The van der Waals surface area contributed by atoms with Gasteiger partial charge in [0.05, 0.1) is 21.3 Å². The van der Waals surface area contributed by atoms with Crippen molar-refractivity contribution in [3.63, 3.8) is 0 Å². The Morgan fingerprint density at radius 3 is 2.06 bits per heavy atom. The number of aromatic nitrogens is 2. The van der Waals surface area contributed by atoms with Gasteiger partial charge in [-0.25, -0.2) is 18.7 Å². The third-order valence-corrected chi connectivity index (χ3v) is 2.45. The standard InChI is InChI=1S/C10H15N2O4/c1-10(8(13)15-3,9(14)16-4)12-6-5-11(2)7-12/h5-7H,1-4H3/q+1. The van der Waals surface area contributed by atoms with Crippen LogP contribution in [0.4, 0.5) is 0 Å². The molecule has 0 bridgehead atoms. The monoisotopic (exact) mass is 227 g/mol. The molecule has 0 N–H and O–H groups in total. The van der Waals surface area contributed by atoms with Gasteiger partial charge < -0.3 is 9.47 Å². The second-order valence-electron chi connectivity index (χ2n) is 3.54. The zero-order chi connectivity index (χ0) is 12.3. The maximum Gasteiger partial charge on any atom is 0.366 e. The van der Waals surface area contributed by atoms with E-state index < -0.39 is 17.5 Å². The lowest BCUT2D eigenvalue weighted by Gasteiger charge is -2.19. The van der Waals surface area contributed by atoms with Gasteiger partial charge in [0, 0.05) is 6.92 Å². The third kappa shape index (κ3) is 1.78. The minimum absolute atomic E-state index is 0.671. The Bertz CT molecular complexity index is 395. The number of ether oxygens (including phenoxy) is 2. The molecule has 0 fully saturated rings. The predicted octanol–water partition coefficient (Wildman–Crippen LogP) is -0.626. The highest BCUT2D eigenvalue weighted by Gasteiger charge is 2.50. The Hall–Kier alpha value is -1.85. The Morgan fingerprint density at radius 2 is 1.75 bits per heavy atom. The molecule has 0 aliphatic heterocycles. The second-order valence-corrected chi connectivity index (χ2v) is 3.54. The molecule has 0 atom stereocenters. The molecule has 1 rings (SSSR count). The van der Waals surface area contributed by atoms with E-state index in [0.717, 1.165) is 0 Å². The van der Waals surface area contributed by atoms with E-state index in [1.807, 2.05) is 0 Å². The van der Waals surface area contributed by atoms with Crippen molar-refractivity contribution >= 4 is 11.9 Å². The molecule has 0 saturated heterocycles. The number of carbonyl (C=O) groups excluding carboxylic acids is 2. The van der Waals surface area contributed by atoms with Gasteiger partial charge in [-0.2, -0.15) is 0 Å². The van der Waals surface area contributed by atoms with Crippen LogP contribution in [0.3, 0.4) is 0 Å². The smallest absolute Gasteiger partial charge is 0.366 e. The van der Waals surface area contributed by atoms with Crippen molar-refractivity contribution in [2.75, 3.05) is 14.2 Å². The summed E-state index contributed by atoms with van der Waals surface area (Å²) in [5, 5.41) is 0. The van der Waals surface area contributed by atoms with Crippen molar-refractivity contribution in [3.05, 3.63) is 18.7 Å². The van der Waals surface area contributed by atoms with Crippen molar-refractivity contribution in [1.82, 2.24) is 4.57 Å². The lowest BCUT2D eigenvalue weighted by atomic mass is 10.0. The number of imidazole rings is 1. The van der Waals surface area contributed by atoms with Crippen molar-refractivity contribution < 1.29 is 23.6 Å². The quantitative estimate of drug-likeness (QED) is 0.392. The molecular weight excluding hydrogens is 212 g/mol. The molecule has 1 heterocycles. The summed E-state index contributed by atoms with van der Waals surface area (Å²) >= 11 is 0. The fourth-order valence-corrected chi connectivity index (χ4v) is 1.41. The summed E-state index contributed by atoms with van der Waals surface area (Å²) in [4.78, 5) is 23.4. The molecule has 6 nitrogen and oxygen atoms in total. The lowest BCUT2D eigenvalue weighted by molar-refractivity contribution is -0.671. The molecule has 0 spiro atoms. The first kappa shape index (κ1) is 12.2. The fourth-order valence-electron chi connectivity index (χ4n) is 1.41. The molecule has 0 aliphatic carbocycles. The molecule has 0 radical (unpaired) electrons. The lowest BCUT2D eigenvalue weighted by Crippen LogP contribution is -2.48. The van der Waals surface area contributed by atoms with Crippen LogP contribution in [0.5, 0.6) is 0 Å². The van der Waals surface area contributed by atoms with E-state index in [9.17, 15) is 9.59 Å². The molecule has 0 unspecified atom stereocenters. The van der Waals surface area contributed by atoms with Crippen molar-refractivity contribution in [2.45, 2.75) is 12.5 Å². The van der Waals surface area contributed by atoms with E-state index in [-0.39, 0.29) is 0 Å². The SMILES string of the molecule is COC(=O)C(C)(C(=O)OC)n1cc[n+](C)c1. The number of hydrogen-bond donors (Lipinski definition) is 0. The summed E-state index contributed by atoms with van der Waals surface area (Å²) in [6.07, 6.45) is 4.92. The molecule has 0 aliphatic rings. The van der Waals surface area contributed by atoms with Crippen molar-refractivity contribution in [1.29, 1.82) is 0 Å². The van der Waals surface area contributed by atoms with Crippen LogP contribution in [0.2, 0.25) is 0 Å². The summed E-state index contributed by atoms with van der Waals surface area (Å²) in [5.74, 6) is -1.34. The van der Waals surface area contributed by atoms with Crippen LogP contribution in [0.1, 0.15) is 6.92 Å². The Morgan fingerprint density at radius 1 is 1.25 bits per heavy atom. The highest BCUT2D eigenvalue weighted by molar-refractivity contribution is 6.01. The summed E-state index contributed by atoms with van der Waals surface area (Å²) in [6, 6.07) is 0. The maximum absolute atomic E-state index is 11.7. The first-order valence-electron chi connectivity index (χ1n) is 4.67. The van der Waals surface area contributed by atoms with Gasteiger partial charge in [0.1, 0.15) is 12.4 Å². The van der Waals surface area contributed by atoms with E-state index in [1.54, 1.807) is 30.3 Å². The van der Waals surface area contributed by atoms with Gasteiger partial charge in [0.15, 0.2) is 0 Å². The molecule has 6 heteroatoms. The molecule has 1 aromatic rings. The summed E-state index contributed by atoms with van der Waals surface area (Å²) in [6.45, 7) is 1.45. The highest BCUT2D eigenvalue weighted by atomic mass is 16.5.